The number of ether oxygens (including phenoxy) is 1. The average molecular weight is 2050 g/mol. The zero-order chi connectivity index (χ0) is 102. The number of rotatable bonds is 26. The minimum absolute atomic E-state index is 0.0197. The molecular formula is C102H136F4N20O13S4. The van der Waals surface area contributed by atoms with Gasteiger partial charge in [-0.3, -0.25) is 38.5 Å². The first kappa shape index (κ1) is 106. The van der Waals surface area contributed by atoms with Crippen molar-refractivity contribution in [1.29, 1.82) is 0 Å². The Morgan fingerprint density at radius 1 is 0.497 bits per heavy atom. The number of carbonyl (C=O) groups excluding carboxylic acids is 7. The van der Waals surface area contributed by atoms with Crippen LogP contribution in [0.15, 0.2) is 49.1 Å². The van der Waals surface area contributed by atoms with Crippen molar-refractivity contribution in [1.82, 2.24) is 80.7 Å². The smallest absolute Gasteiger partial charge is 0.280 e. The predicted octanol–water partition coefficient (Wildman–Crippen LogP) is 15.8. The van der Waals surface area contributed by atoms with E-state index in [9.17, 15) is 76.7 Å². The first-order valence-electron chi connectivity index (χ1n) is 50.5. The summed E-state index contributed by atoms with van der Waals surface area (Å²) >= 11 is 4.49. The number of aromatic nitrogens is 8. The fourth-order valence-corrected chi connectivity index (χ4v) is 25.3. The molecule has 1 unspecified atom stereocenters. The third-order valence-electron chi connectivity index (χ3n) is 29.0. The van der Waals surface area contributed by atoms with Crippen LogP contribution < -0.4 is 42.5 Å². The lowest BCUT2D eigenvalue weighted by atomic mass is 10.0. The van der Waals surface area contributed by atoms with Crippen molar-refractivity contribution >= 4 is 110 Å². The normalized spacial score (nSPS) is 25.4. The summed E-state index contributed by atoms with van der Waals surface area (Å²) in [4.78, 5) is 138. The van der Waals surface area contributed by atoms with Crippen molar-refractivity contribution in [3.8, 4) is 41.8 Å². The molecule has 8 aromatic rings. The number of carbonyl (C=O) groups is 7. The van der Waals surface area contributed by atoms with Gasteiger partial charge in [-0.05, 0) is 278 Å². The summed E-state index contributed by atoms with van der Waals surface area (Å²) in [6.45, 7) is 28.2. The van der Waals surface area contributed by atoms with E-state index in [0.29, 0.717) is 118 Å². The van der Waals surface area contributed by atoms with Crippen LogP contribution in [-0.2, 0) is 4.74 Å². The number of likely N-dealkylation sites (tertiary alicyclic amines) is 2. The van der Waals surface area contributed by atoms with Crippen LogP contribution in [0.5, 0.6) is 0 Å². The molecule has 11 fully saturated rings. The van der Waals surface area contributed by atoms with E-state index >= 15 is 0 Å². The molecule has 13 atom stereocenters. The van der Waals surface area contributed by atoms with Gasteiger partial charge in [-0.25, -0.2) is 57.4 Å². The Hall–Kier alpha value is -9.95. The molecule has 15 heterocycles. The Kier molecular flexibility index (Phi) is 32.9. The van der Waals surface area contributed by atoms with Gasteiger partial charge in [0.25, 0.3) is 53.7 Å². The highest BCUT2D eigenvalue weighted by Gasteiger charge is 2.50. The molecule has 4 aliphatic carbocycles. The van der Waals surface area contributed by atoms with Crippen molar-refractivity contribution in [2.75, 3.05) is 47.6 Å². The maximum absolute atomic E-state index is 14.2. The number of aryl methyl sites for hydroxylation is 3. The van der Waals surface area contributed by atoms with Crippen molar-refractivity contribution in [3.05, 3.63) is 114 Å². The van der Waals surface area contributed by atoms with Gasteiger partial charge < -0.3 is 87.5 Å². The summed E-state index contributed by atoms with van der Waals surface area (Å²) < 4.78 is 61.9. The number of fused-ring (bicyclic) bond motifs is 4. The van der Waals surface area contributed by atoms with Crippen LogP contribution in [0.3, 0.4) is 0 Å². The molecule has 7 saturated heterocycles. The van der Waals surface area contributed by atoms with Crippen LogP contribution in [0.25, 0.3) is 41.8 Å². The van der Waals surface area contributed by atoms with Crippen LogP contribution in [0, 0.1) is 26.7 Å². The summed E-state index contributed by atoms with van der Waals surface area (Å²) in [6.07, 6.45) is 19.2. The van der Waals surface area contributed by atoms with Gasteiger partial charge in [0.2, 0.25) is 0 Å². The molecule has 41 heteroatoms. The Morgan fingerprint density at radius 2 is 0.895 bits per heavy atom. The maximum atomic E-state index is 14.2. The van der Waals surface area contributed by atoms with Gasteiger partial charge in [-0.2, -0.15) is 0 Å². The van der Waals surface area contributed by atoms with Gasteiger partial charge in [-0.15, -0.1) is 45.3 Å². The van der Waals surface area contributed by atoms with Gasteiger partial charge in [0.15, 0.2) is 26.3 Å². The molecule has 7 amide bonds. The van der Waals surface area contributed by atoms with E-state index in [1.807, 2.05) is 88.3 Å². The Morgan fingerprint density at radius 3 is 1.27 bits per heavy atom. The van der Waals surface area contributed by atoms with Gasteiger partial charge >= 0.3 is 0 Å². The number of thiazole rings is 4. The SMILES string of the molecule is CC[C@@H](C)Nc1cc(C)c(-c2sc(C(=O)N[C@H]3CC[C@H](O)C3)nc2C(=O)N2CC(F)(F)C[C@@H]2C)cn1.C[C@H]1CCCN1C(O)c1nc(C(=O)N[C@H]2CC[C@H](O)C2)sc1-c1cnc(NC(C)(C)C)cc1C(F)F.Cc1cc(NC(C)(C)C)ncc1-c1sc(C(=O)N[C@H]2CC[C@H](O)C2)nc1C(=O)N1C2CCC1CC2.Cc1cc(N[C@H](C)C2CC2)ncc1-c1sc(C(=O)N[C@H]2COC[C@@H]2O)nc1C(=O)N1C2CCC1CC2. The van der Waals surface area contributed by atoms with Crippen molar-refractivity contribution in [2.45, 2.75) is 371 Å². The summed E-state index contributed by atoms with van der Waals surface area (Å²) in [7, 11) is 0. The average Bonchev–Trinajstić information content (AvgIpc) is 1.62. The number of alkyl halides is 4. The lowest BCUT2D eigenvalue weighted by Gasteiger charge is -2.27. The summed E-state index contributed by atoms with van der Waals surface area (Å²) in [5.41, 5.74) is 5.29. The molecule has 4 saturated carbocycles. The van der Waals surface area contributed by atoms with Crippen molar-refractivity contribution < 1.29 is 81.4 Å². The Bertz CT molecular complexity index is 5930. The Labute approximate surface area is 847 Å². The van der Waals surface area contributed by atoms with Crippen LogP contribution in [0.4, 0.5) is 40.8 Å². The number of hydrogen-bond acceptors (Lipinski definition) is 30. The fraction of sp³-hybridized carbons (Fsp3) is 0.618. The molecule has 19 rings (SSSR count). The van der Waals surface area contributed by atoms with E-state index in [0.717, 1.165) is 144 Å². The third-order valence-corrected chi connectivity index (χ3v) is 33.4. The summed E-state index contributed by atoms with van der Waals surface area (Å²) in [5.74, 6) is -2.03. The largest absolute Gasteiger partial charge is 0.393 e. The predicted molar refractivity (Wildman–Crippen MR) is 543 cm³/mol. The second kappa shape index (κ2) is 44.4. The zero-order valence-corrected chi connectivity index (χ0v) is 87.0. The monoisotopic (exact) mass is 2050 g/mol. The molecular weight excluding hydrogens is 1920 g/mol. The second-order valence-electron chi connectivity index (χ2n) is 42.8. The second-order valence-corrected chi connectivity index (χ2v) is 46.8. The first-order valence-corrected chi connectivity index (χ1v) is 53.8. The van der Waals surface area contributed by atoms with E-state index in [1.54, 1.807) is 25.5 Å². The van der Waals surface area contributed by atoms with Gasteiger partial charge in [0.1, 0.15) is 46.0 Å². The topological polar surface area (TPSA) is 442 Å². The number of pyridine rings is 4. The van der Waals surface area contributed by atoms with Crippen LogP contribution >= 0.6 is 45.3 Å². The van der Waals surface area contributed by atoms with Crippen LogP contribution in [0.1, 0.15) is 335 Å². The standard InChI is InChI=1S/C26H33N5O4S.C26H35N5O3S.C25H35F2N5O3S.C25H33F2N5O3S/c1-13-9-21(28-14(2)15-3-4-15)27-10-18(13)23-22(26(34)31-16-5-6-17(31)8-7-16)30-25(36-23)24(33)29-19-11-35-12-20(19)32;1-14-11-20(30-26(2,3)4)27-13-19(14)22-21(25(34)31-16-6-7-17(31)9-8-16)29-24(35-22)23(33)28-15-5-10-18(32)12-15;1-13-6-5-9-32(13)24(35)19-20(36-23(30-19)22(34)29-14-7-8-15(33)10-14)17-12-28-18(31-25(2,3)4)11-16(17)21(26)27;1-5-14(3)29-19-8-13(2)18(11-28-19)21-20(24(35)32-12-25(26,27)10-15(32)4)31-23(36-21)22(34)30-16-6-7-17(33)9-16/h9-10,14-17,19-20,32H,3-8,11-12H2,1-2H3,(H,27,28)(H,29,33);11,13,15-18,32H,5-10,12H2,1-4H3,(H,27,30)(H,28,33);11-15,21,24,33,35H,5-10H2,1-4H3,(H,28,31)(H,29,34);8,11,14-17,33H,5-7,9-10,12H2,1-4H3,(H,28,29)(H,30,34)/t14-,16?,17?,19+,20+;15-,16?,17?,18-;13-,14-,15-,24?;14-,15+,16+,17+/m1001/s1. The van der Waals surface area contributed by atoms with Crippen LogP contribution in [-0.4, -0.2) is 267 Å². The number of aliphatic hydroxyl groups excluding tert-OH is 5. The molecule has 774 valence electrons. The molecule has 0 spiro atoms. The lowest BCUT2D eigenvalue weighted by Crippen LogP contribution is -2.42. The summed E-state index contributed by atoms with van der Waals surface area (Å²) in [5, 5.41) is 76.3. The molecule has 11 aliphatic rings. The third kappa shape index (κ3) is 25.1. The zero-order valence-electron chi connectivity index (χ0n) is 83.7. The van der Waals surface area contributed by atoms with E-state index in [1.165, 1.54) is 47.8 Å². The highest BCUT2D eigenvalue weighted by atomic mass is 32.1. The van der Waals surface area contributed by atoms with E-state index in [-0.39, 0.29) is 145 Å². The number of anilines is 4. The maximum Gasteiger partial charge on any atom is 0.280 e. The van der Waals surface area contributed by atoms with Crippen molar-refractivity contribution in [3.63, 3.8) is 0 Å². The van der Waals surface area contributed by atoms with Gasteiger partial charge in [-0.1, -0.05) is 6.92 Å². The minimum atomic E-state index is -2.96. The number of amides is 7. The molecule has 0 radical (unpaired) electrons. The molecule has 4 bridgehead atoms. The van der Waals surface area contributed by atoms with E-state index in [2.05, 4.69) is 117 Å². The van der Waals surface area contributed by atoms with Gasteiger partial charge in [0, 0.05) is 143 Å². The molecule has 0 aromatic carbocycles. The van der Waals surface area contributed by atoms with Crippen LogP contribution in [0.2, 0.25) is 0 Å². The first-order chi connectivity index (χ1) is 67.9. The highest BCUT2D eigenvalue weighted by molar-refractivity contribution is 7.18. The number of hydrogen-bond donors (Lipinski definition) is 13. The summed E-state index contributed by atoms with van der Waals surface area (Å²) in [6, 6.07) is 7.38. The number of aliphatic hydroxyl groups is 5. The Balaban J connectivity index is 0.000000137. The molecule has 7 aliphatic heterocycles. The quantitative estimate of drug-likeness (QED) is 0.0224. The molecule has 33 nitrogen and oxygen atoms in total. The lowest BCUT2D eigenvalue weighted by molar-refractivity contribution is -0.00525. The molecule has 8 aromatic heterocycles. The minimum Gasteiger partial charge on any atom is -0.393 e. The van der Waals surface area contributed by atoms with Gasteiger partial charge in [0.05, 0.1) is 69.7 Å². The molecule has 13 N–H and O–H groups in total. The van der Waals surface area contributed by atoms with Crippen molar-refractivity contribution in [2.24, 2.45) is 5.92 Å². The molecule has 143 heavy (non-hydrogen) atoms. The fourth-order valence-electron chi connectivity index (χ4n) is 21.2. The number of nitrogens with zero attached hydrogens (tertiary/aromatic N) is 12. The number of halogens is 4. The number of nitrogens with one attached hydrogen (secondary N) is 8. The van der Waals surface area contributed by atoms with E-state index < -0.39 is 85.6 Å². The highest BCUT2D eigenvalue weighted by Crippen LogP contribution is 2.48. The van der Waals surface area contributed by atoms with E-state index in [4.69, 9.17) is 4.74 Å².